The first-order chi connectivity index (χ1) is 14.9. The molecule has 0 unspecified atom stereocenters. The Balaban J connectivity index is 1.24. The van der Waals surface area contributed by atoms with Crippen molar-refractivity contribution < 1.29 is 9.47 Å². The van der Waals surface area contributed by atoms with Gasteiger partial charge in [0.1, 0.15) is 5.75 Å². The highest BCUT2D eigenvalue weighted by atomic mass is 32.1. The van der Waals surface area contributed by atoms with Gasteiger partial charge in [0.2, 0.25) is 5.13 Å². The van der Waals surface area contributed by atoms with Crippen LogP contribution in [0, 0.1) is 0 Å². The van der Waals surface area contributed by atoms with E-state index in [4.69, 9.17) is 9.47 Å². The Hall–Kier alpha value is -2.74. The SMILES string of the molecule is C(=NNc1nc(-c2ccccc2)cs1)c1cccc(OCCCN2CCOCC2)c1. The van der Waals surface area contributed by atoms with Crippen molar-refractivity contribution in [1.29, 1.82) is 0 Å². The molecule has 1 aromatic heterocycles. The van der Waals surface area contributed by atoms with Crippen LogP contribution in [-0.4, -0.2) is 55.6 Å². The number of morpholine rings is 1. The number of hydrazone groups is 1. The van der Waals surface area contributed by atoms with Crippen molar-refractivity contribution in [3.63, 3.8) is 0 Å². The number of ether oxygens (including phenoxy) is 2. The van der Waals surface area contributed by atoms with Crippen LogP contribution >= 0.6 is 11.3 Å². The van der Waals surface area contributed by atoms with E-state index >= 15 is 0 Å². The van der Waals surface area contributed by atoms with Crippen LogP contribution in [-0.2, 0) is 4.74 Å². The number of aromatic nitrogens is 1. The average Bonchev–Trinajstić information content (AvgIpc) is 3.27. The third kappa shape index (κ3) is 6.13. The van der Waals surface area contributed by atoms with Crippen LogP contribution in [0.15, 0.2) is 65.1 Å². The predicted octanol–water partition coefficient (Wildman–Crippen LogP) is 4.36. The molecule has 4 rings (SSSR count). The Kier molecular flexibility index (Phi) is 7.44. The summed E-state index contributed by atoms with van der Waals surface area (Å²) in [7, 11) is 0. The number of hydrogen-bond acceptors (Lipinski definition) is 7. The van der Waals surface area contributed by atoms with Gasteiger partial charge in [0.05, 0.1) is 31.7 Å². The van der Waals surface area contributed by atoms with E-state index in [0.717, 1.165) is 67.0 Å². The van der Waals surface area contributed by atoms with E-state index in [9.17, 15) is 0 Å². The largest absolute Gasteiger partial charge is 0.494 e. The van der Waals surface area contributed by atoms with Crippen LogP contribution in [0.3, 0.4) is 0 Å². The highest BCUT2D eigenvalue weighted by molar-refractivity contribution is 7.14. The molecule has 0 spiro atoms. The molecule has 2 aromatic carbocycles. The van der Waals surface area contributed by atoms with E-state index in [-0.39, 0.29) is 0 Å². The van der Waals surface area contributed by atoms with Gasteiger partial charge in [-0.25, -0.2) is 4.98 Å². The lowest BCUT2D eigenvalue weighted by Crippen LogP contribution is -2.37. The smallest absolute Gasteiger partial charge is 0.203 e. The first-order valence-electron chi connectivity index (χ1n) is 10.2. The molecule has 0 amide bonds. The Bertz CT molecular complexity index is 939. The van der Waals surface area contributed by atoms with Gasteiger partial charge in [-0.1, -0.05) is 42.5 Å². The minimum absolute atomic E-state index is 0.706. The zero-order valence-corrected chi connectivity index (χ0v) is 17.7. The van der Waals surface area contributed by atoms with E-state index in [1.807, 2.05) is 47.8 Å². The summed E-state index contributed by atoms with van der Waals surface area (Å²) in [5.41, 5.74) is 6.04. The van der Waals surface area contributed by atoms with Gasteiger partial charge in [-0.3, -0.25) is 10.3 Å². The van der Waals surface area contributed by atoms with Crippen LogP contribution < -0.4 is 10.2 Å². The van der Waals surface area contributed by atoms with Gasteiger partial charge in [0, 0.05) is 30.6 Å². The molecule has 0 aliphatic carbocycles. The second-order valence-electron chi connectivity index (χ2n) is 7.00. The summed E-state index contributed by atoms with van der Waals surface area (Å²) in [6.07, 6.45) is 2.79. The van der Waals surface area contributed by atoms with E-state index in [2.05, 4.69) is 32.5 Å². The minimum Gasteiger partial charge on any atom is -0.494 e. The second-order valence-corrected chi connectivity index (χ2v) is 7.86. The summed E-state index contributed by atoms with van der Waals surface area (Å²) in [6.45, 7) is 5.47. The topological polar surface area (TPSA) is 59.0 Å². The lowest BCUT2D eigenvalue weighted by atomic mass is 10.2. The van der Waals surface area contributed by atoms with Crippen molar-refractivity contribution in [2.24, 2.45) is 5.10 Å². The van der Waals surface area contributed by atoms with Crippen molar-refractivity contribution in [2.45, 2.75) is 6.42 Å². The van der Waals surface area contributed by atoms with Gasteiger partial charge < -0.3 is 9.47 Å². The third-order valence-electron chi connectivity index (χ3n) is 4.80. The zero-order valence-electron chi connectivity index (χ0n) is 16.9. The standard InChI is InChI=1S/C23H26N4O2S/c1-2-7-20(8-3-1)22-18-30-23(25-22)26-24-17-19-6-4-9-21(16-19)29-13-5-10-27-11-14-28-15-12-27/h1-4,6-9,16-18H,5,10-15H2,(H,25,26). The summed E-state index contributed by atoms with van der Waals surface area (Å²) >= 11 is 1.54. The molecule has 1 aliphatic heterocycles. The monoisotopic (exact) mass is 422 g/mol. The number of nitrogens with zero attached hydrogens (tertiary/aromatic N) is 3. The predicted molar refractivity (Wildman–Crippen MR) is 123 cm³/mol. The molecule has 1 saturated heterocycles. The molecular formula is C23H26N4O2S. The van der Waals surface area contributed by atoms with Crippen molar-refractivity contribution in [2.75, 3.05) is 44.9 Å². The number of anilines is 1. The third-order valence-corrected chi connectivity index (χ3v) is 5.54. The molecule has 0 radical (unpaired) electrons. The molecule has 1 fully saturated rings. The van der Waals surface area contributed by atoms with Crippen molar-refractivity contribution >= 4 is 22.7 Å². The van der Waals surface area contributed by atoms with Crippen LogP contribution in [0.2, 0.25) is 0 Å². The lowest BCUT2D eigenvalue weighted by molar-refractivity contribution is 0.0358. The molecule has 156 valence electrons. The molecule has 0 bridgehead atoms. The number of thiazole rings is 1. The van der Waals surface area contributed by atoms with E-state index < -0.39 is 0 Å². The summed E-state index contributed by atoms with van der Waals surface area (Å²) in [6, 6.07) is 18.1. The van der Waals surface area contributed by atoms with Gasteiger partial charge in [-0.2, -0.15) is 5.10 Å². The Morgan fingerprint density at radius 3 is 2.87 bits per heavy atom. The van der Waals surface area contributed by atoms with Crippen LogP contribution in [0.25, 0.3) is 11.3 Å². The van der Waals surface area contributed by atoms with E-state index in [1.165, 1.54) is 11.3 Å². The van der Waals surface area contributed by atoms with Gasteiger partial charge in [0.25, 0.3) is 0 Å². The summed E-state index contributed by atoms with van der Waals surface area (Å²) < 4.78 is 11.3. The number of hydrogen-bond donors (Lipinski definition) is 1. The summed E-state index contributed by atoms with van der Waals surface area (Å²) in [4.78, 5) is 6.99. The van der Waals surface area contributed by atoms with Crippen LogP contribution in [0.5, 0.6) is 5.75 Å². The lowest BCUT2D eigenvalue weighted by Gasteiger charge is -2.26. The maximum atomic E-state index is 5.90. The first-order valence-corrected chi connectivity index (χ1v) is 11.1. The average molecular weight is 423 g/mol. The quantitative estimate of drug-likeness (QED) is 0.315. The van der Waals surface area contributed by atoms with Crippen LogP contribution in [0.4, 0.5) is 5.13 Å². The van der Waals surface area contributed by atoms with Gasteiger partial charge >= 0.3 is 0 Å². The van der Waals surface area contributed by atoms with Gasteiger partial charge in [-0.05, 0) is 24.1 Å². The van der Waals surface area contributed by atoms with Gasteiger partial charge in [0.15, 0.2) is 0 Å². The molecule has 30 heavy (non-hydrogen) atoms. The molecular weight excluding hydrogens is 396 g/mol. The number of rotatable bonds is 9. The second kappa shape index (κ2) is 10.9. The van der Waals surface area contributed by atoms with E-state index in [1.54, 1.807) is 6.21 Å². The van der Waals surface area contributed by atoms with Crippen molar-refractivity contribution in [3.05, 3.63) is 65.5 Å². The fraction of sp³-hybridized carbons (Fsp3) is 0.304. The van der Waals surface area contributed by atoms with Crippen LogP contribution in [0.1, 0.15) is 12.0 Å². The molecule has 6 nitrogen and oxygen atoms in total. The summed E-state index contributed by atoms with van der Waals surface area (Å²) in [5, 5.41) is 7.11. The fourth-order valence-corrected chi connectivity index (χ4v) is 3.88. The minimum atomic E-state index is 0.706. The number of nitrogens with one attached hydrogen (secondary N) is 1. The fourth-order valence-electron chi connectivity index (χ4n) is 3.22. The normalized spacial score (nSPS) is 14.8. The van der Waals surface area contributed by atoms with Crippen molar-refractivity contribution in [1.82, 2.24) is 9.88 Å². The highest BCUT2D eigenvalue weighted by Crippen LogP contribution is 2.24. The zero-order chi connectivity index (χ0) is 20.4. The maximum Gasteiger partial charge on any atom is 0.203 e. The summed E-state index contributed by atoms with van der Waals surface area (Å²) in [5.74, 6) is 0.863. The van der Waals surface area contributed by atoms with Crippen molar-refractivity contribution in [3.8, 4) is 17.0 Å². The molecule has 0 saturated carbocycles. The molecule has 1 aliphatic rings. The molecule has 7 heteroatoms. The molecule has 1 N–H and O–H groups in total. The highest BCUT2D eigenvalue weighted by Gasteiger charge is 2.09. The molecule has 3 aromatic rings. The molecule has 2 heterocycles. The first kappa shape index (κ1) is 20.5. The van der Waals surface area contributed by atoms with E-state index in [0.29, 0.717) is 6.61 Å². The Morgan fingerprint density at radius 1 is 1.13 bits per heavy atom. The molecule has 0 atom stereocenters. The number of benzene rings is 2. The Labute approximate surface area is 181 Å². The van der Waals surface area contributed by atoms with Gasteiger partial charge in [-0.15, -0.1) is 11.3 Å². The Morgan fingerprint density at radius 2 is 2.00 bits per heavy atom. The maximum absolute atomic E-state index is 5.90.